The van der Waals surface area contributed by atoms with Gasteiger partial charge in [-0.15, -0.1) is 0 Å². The lowest BCUT2D eigenvalue weighted by Crippen LogP contribution is -2.47. The second-order valence-corrected chi connectivity index (χ2v) is 6.72. The number of nitrogens with one attached hydrogen (secondary N) is 2. The standard InChI is InChI=1S/C16H30N4O3/c1-16(7-5-9-23-16)12-19-15(18-11-14(21)20(2)3)17-10-13-6-4-8-22-13/h13H,4-12H2,1-3H3,(H2,17,18,19). The van der Waals surface area contributed by atoms with Crippen LogP contribution in [0, 0.1) is 0 Å². The molecule has 23 heavy (non-hydrogen) atoms. The van der Waals surface area contributed by atoms with Crippen molar-refractivity contribution in [3.63, 3.8) is 0 Å². The Hall–Kier alpha value is -1.34. The van der Waals surface area contributed by atoms with Crippen molar-refractivity contribution in [3.05, 3.63) is 0 Å². The zero-order valence-corrected chi connectivity index (χ0v) is 14.6. The predicted molar refractivity (Wildman–Crippen MR) is 89.6 cm³/mol. The molecule has 2 rings (SSSR count). The Bertz CT molecular complexity index is 414. The molecule has 0 radical (unpaired) electrons. The van der Waals surface area contributed by atoms with Crippen molar-refractivity contribution in [3.8, 4) is 0 Å². The number of aliphatic imine (C=N–C) groups is 1. The molecule has 2 saturated heterocycles. The Labute approximate surface area is 138 Å². The van der Waals surface area contributed by atoms with Gasteiger partial charge in [0.1, 0.15) is 6.54 Å². The van der Waals surface area contributed by atoms with Gasteiger partial charge in [0, 0.05) is 40.4 Å². The van der Waals surface area contributed by atoms with Crippen molar-refractivity contribution in [2.75, 3.05) is 46.9 Å². The third-order valence-electron chi connectivity index (χ3n) is 4.32. The van der Waals surface area contributed by atoms with Crippen LogP contribution in [0.1, 0.15) is 32.6 Å². The second kappa shape index (κ2) is 8.49. The minimum Gasteiger partial charge on any atom is -0.376 e. The minimum atomic E-state index is -0.155. The summed E-state index contributed by atoms with van der Waals surface area (Å²) >= 11 is 0. The van der Waals surface area contributed by atoms with Crippen molar-refractivity contribution in [2.45, 2.75) is 44.3 Å². The lowest BCUT2D eigenvalue weighted by molar-refractivity contribution is -0.127. The highest BCUT2D eigenvalue weighted by molar-refractivity contribution is 5.84. The number of carbonyl (C=O) groups is 1. The first-order valence-electron chi connectivity index (χ1n) is 8.46. The highest BCUT2D eigenvalue weighted by Gasteiger charge is 2.29. The third-order valence-corrected chi connectivity index (χ3v) is 4.32. The van der Waals surface area contributed by atoms with E-state index in [0.29, 0.717) is 19.0 Å². The molecule has 2 atom stereocenters. The van der Waals surface area contributed by atoms with Gasteiger partial charge in [0.15, 0.2) is 5.96 Å². The van der Waals surface area contributed by atoms with E-state index in [1.165, 1.54) is 0 Å². The molecule has 0 aliphatic carbocycles. The van der Waals surface area contributed by atoms with E-state index in [-0.39, 0.29) is 24.2 Å². The maximum Gasteiger partial charge on any atom is 0.243 e. The summed E-state index contributed by atoms with van der Waals surface area (Å²) in [5.74, 6) is 0.624. The van der Waals surface area contributed by atoms with Crippen LogP contribution >= 0.6 is 0 Å². The summed E-state index contributed by atoms with van der Waals surface area (Å²) in [4.78, 5) is 17.7. The molecule has 0 aromatic rings. The van der Waals surface area contributed by atoms with Gasteiger partial charge < -0.3 is 25.0 Å². The average molecular weight is 326 g/mol. The number of hydrogen-bond acceptors (Lipinski definition) is 4. The number of guanidine groups is 1. The van der Waals surface area contributed by atoms with Gasteiger partial charge in [-0.25, -0.2) is 4.99 Å². The highest BCUT2D eigenvalue weighted by Crippen LogP contribution is 2.23. The zero-order valence-electron chi connectivity index (χ0n) is 14.6. The second-order valence-electron chi connectivity index (χ2n) is 6.72. The number of likely N-dealkylation sites (N-methyl/N-ethyl adjacent to an activating group) is 1. The Morgan fingerprint density at radius 1 is 1.30 bits per heavy atom. The van der Waals surface area contributed by atoms with E-state index in [1.807, 2.05) is 0 Å². The van der Waals surface area contributed by atoms with Crippen molar-refractivity contribution >= 4 is 11.9 Å². The molecule has 2 N–H and O–H groups in total. The van der Waals surface area contributed by atoms with Gasteiger partial charge >= 0.3 is 0 Å². The fourth-order valence-corrected chi connectivity index (χ4v) is 2.73. The summed E-state index contributed by atoms with van der Waals surface area (Å²) in [5, 5.41) is 6.59. The molecule has 2 aliphatic rings. The molecule has 2 aliphatic heterocycles. The average Bonchev–Trinajstić information content (AvgIpc) is 3.18. The Morgan fingerprint density at radius 3 is 2.74 bits per heavy atom. The Morgan fingerprint density at radius 2 is 2.13 bits per heavy atom. The van der Waals surface area contributed by atoms with Crippen LogP contribution in [0.4, 0.5) is 0 Å². The van der Waals surface area contributed by atoms with Gasteiger partial charge in [-0.05, 0) is 32.6 Å². The van der Waals surface area contributed by atoms with E-state index in [2.05, 4.69) is 22.5 Å². The summed E-state index contributed by atoms with van der Waals surface area (Å²) in [6.07, 6.45) is 4.53. The van der Waals surface area contributed by atoms with Gasteiger partial charge in [-0.1, -0.05) is 0 Å². The number of carbonyl (C=O) groups excluding carboxylic acids is 1. The first-order valence-corrected chi connectivity index (χ1v) is 8.46. The van der Waals surface area contributed by atoms with Crippen molar-refractivity contribution < 1.29 is 14.3 Å². The van der Waals surface area contributed by atoms with E-state index < -0.39 is 0 Å². The molecule has 132 valence electrons. The fourth-order valence-electron chi connectivity index (χ4n) is 2.73. The molecule has 0 bridgehead atoms. The molecule has 0 aromatic heterocycles. The van der Waals surface area contributed by atoms with Gasteiger partial charge in [0.2, 0.25) is 5.91 Å². The van der Waals surface area contributed by atoms with E-state index in [0.717, 1.165) is 38.9 Å². The van der Waals surface area contributed by atoms with Crippen LogP contribution in [0.15, 0.2) is 4.99 Å². The summed E-state index contributed by atoms with van der Waals surface area (Å²) < 4.78 is 11.4. The highest BCUT2D eigenvalue weighted by atomic mass is 16.5. The van der Waals surface area contributed by atoms with Crippen molar-refractivity contribution in [1.29, 1.82) is 0 Å². The number of nitrogens with zero attached hydrogens (tertiary/aromatic N) is 2. The van der Waals surface area contributed by atoms with Crippen LogP contribution in [0.5, 0.6) is 0 Å². The van der Waals surface area contributed by atoms with Crippen molar-refractivity contribution in [2.24, 2.45) is 4.99 Å². The lowest BCUT2D eigenvalue weighted by Gasteiger charge is -2.25. The van der Waals surface area contributed by atoms with E-state index in [9.17, 15) is 4.79 Å². The first-order chi connectivity index (χ1) is 11.0. The first kappa shape index (κ1) is 18.0. The van der Waals surface area contributed by atoms with Gasteiger partial charge in [-0.2, -0.15) is 0 Å². The monoisotopic (exact) mass is 326 g/mol. The number of ether oxygens (including phenoxy) is 2. The SMILES string of the molecule is CN(C)C(=O)CN=C(NCC1CCCO1)NCC1(C)CCCO1. The third kappa shape index (κ3) is 5.99. The van der Waals surface area contributed by atoms with Crippen LogP contribution in [0.3, 0.4) is 0 Å². The van der Waals surface area contributed by atoms with Gasteiger partial charge in [0.25, 0.3) is 0 Å². The fraction of sp³-hybridized carbons (Fsp3) is 0.875. The Balaban J connectivity index is 1.86. The predicted octanol–water partition coefficient (Wildman–Crippen LogP) is 0.358. The molecule has 0 saturated carbocycles. The molecule has 2 heterocycles. The van der Waals surface area contributed by atoms with E-state index >= 15 is 0 Å². The summed E-state index contributed by atoms with van der Waals surface area (Å²) in [6, 6.07) is 0. The normalized spacial score (nSPS) is 28.0. The molecule has 0 spiro atoms. The molecule has 7 nitrogen and oxygen atoms in total. The van der Waals surface area contributed by atoms with Crippen LogP contribution in [-0.4, -0.2) is 75.4 Å². The van der Waals surface area contributed by atoms with Gasteiger partial charge in [-0.3, -0.25) is 4.79 Å². The maximum absolute atomic E-state index is 11.7. The molecule has 0 aromatic carbocycles. The summed E-state index contributed by atoms with van der Waals surface area (Å²) in [7, 11) is 3.47. The molecule has 2 unspecified atom stereocenters. The number of rotatable bonds is 6. The number of hydrogen-bond donors (Lipinski definition) is 2. The van der Waals surface area contributed by atoms with E-state index in [4.69, 9.17) is 9.47 Å². The molecule has 1 amide bonds. The topological polar surface area (TPSA) is 75.2 Å². The largest absolute Gasteiger partial charge is 0.376 e. The quantitative estimate of drug-likeness (QED) is 0.544. The van der Waals surface area contributed by atoms with Gasteiger partial charge in [0.05, 0.1) is 11.7 Å². The minimum absolute atomic E-state index is 0.0217. The van der Waals surface area contributed by atoms with Crippen LogP contribution in [0.25, 0.3) is 0 Å². The molecular weight excluding hydrogens is 296 g/mol. The Kier molecular flexibility index (Phi) is 6.65. The van der Waals surface area contributed by atoms with E-state index in [1.54, 1.807) is 19.0 Å². The maximum atomic E-state index is 11.7. The zero-order chi connectivity index (χ0) is 16.7. The van der Waals surface area contributed by atoms with Crippen LogP contribution < -0.4 is 10.6 Å². The molecule has 7 heteroatoms. The smallest absolute Gasteiger partial charge is 0.243 e. The van der Waals surface area contributed by atoms with Crippen LogP contribution in [0.2, 0.25) is 0 Å². The lowest BCUT2D eigenvalue weighted by atomic mass is 10.0. The summed E-state index contributed by atoms with van der Waals surface area (Å²) in [5.41, 5.74) is -0.155. The molecule has 2 fully saturated rings. The molecular formula is C16H30N4O3. The number of amides is 1. The van der Waals surface area contributed by atoms with Crippen LogP contribution in [-0.2, 0) is 14.3 Å². The summed E-state index contributed by atoms with van der Waals surface area (Å²) in [6.45, 7) is 5.27. The van der Waals surface area contributed by atoms with Crippen molar-refractivity contribution in [1.82, 2.24) is 15.5 Å².